The first-order valence-electron chi connectivity index (χ1n) is 11.1. The monoisotopic (exact) mass is 498 g/mol. The van der Waals surface area contributed by atoms with E-state index in [9.17, 15) is 24.8 Å². The van der Waals surface area contributed by atoms with Crippen molar-refractivity contribution < 1.29 is 24.6 Å². The average Bonchev–Trinajstić information content (AvgIpc) is 3.44. The van der Waals surface area contributed by atoms with Crippen molar-refractivity contribution in [2.45, 2.75) is 67.3 Å². The van der Waals surface area contributed by atoms with Crippen LogP contribution in [0.1, 0.15) is 43.2 Å². The number of hydrogen-bond acceptors (Lipinski definition) is 9. The number of aliphatic carboxylic acids is 1. The van der Waals surface area contributed by atoms with Crippen LogP contribution >= 0.6 is 21.6 Å². The Hall–Kier alpha value is -2.02. The van der Waals surface area contributed by atoms with Crippen LogP contribution in [0, 0.1) is 10.1 Å². The molecule has 12 heteroatoms. The fraction of sp³-hybridized carbons (Fsp3) is 0.619. The van der Waals surface area contributed by atoms with Gasteiger partial charge in [-0.05, 0) is 55.8 Å². The van der Waals surface area contributed by atoms with Crippen LogP contribution in [0.3, 0.4) is 0 Å². The zero-order chi connectivity index (χ0) is 23.8. The van der Waals surface area contributed by atoms with Crippen LogP contribution in [-0.2, 0) is 26.6 Å². The normalized spacial score (nSPS) is 19.2. The zero-order valence-corrected chi connectivity index (χ0v) is 19.9. The first-order chi connectivity index (χ1) is 15.9. The number of carboxylic acid groups (broad SMARTS) is 1. The van der Waals surface area contributed by atoms with Gasteiger partial charge in [0.1, 0.15) is 12.6 Å². The van der Waals surface area contributed by atoms with E-state index < -0.39 is 29.2 Å². The van der Waals surface area contributed by atoms with Gasteiger partial charge in [-0.1, -0.05) is 40.1 Å². The molecule has 1 aromatic rings. The highest BCUT2D eigenvalue weighted by molar-refractivity contribution is 8.76. The van der Waals surface area contributed by atoms with Crippen LogP contribution in [0.4, 0.5) is 0 Å². The number of benzene rings is 1. The maximum Gasteiger partial charge on any atom is 0.321 e. The SMILES string of the molecule is NCCCC[C@H](N[C@@H](Cc1ccc2c(c1)CSS2)C(=O)O)C(=O)N1CCC[C@H]1CO[N+](=O)[O-]. The van der Waals surface area contributed by atoms with Crippen LogP contribution in [-0.4, -0.2) is 64.8 Å². The van der Waals surface area contributed by atoms with Gasteiger partial charge >= 0.3 is 5.97 Å². The highest BCUT2D eigenvalue weighted by Crippen LogP contribution is 2.44. The van der Waals surface area contributed by atoms with Crippen molar-refractivity contribution in [1.29, 1.82) is 0 Å². The van der Waals surface area contributed by atoms with Gasteiger partial charge in [-0.2, -0.15) is 0 Å². The largest absolute Gasteiger partial charge is 0.480 e. The fourth-order valence-electron chi connectivity index (χ4n) is 4.22. The van der Waals surface area contributed by atoms with E-state index in [1.165, 1.54) is 10.5 Å². The first-order valence-corrected chi connectivity index (χ1v) is 13.4. The minimum Gasteiger partial charge on any atom is -0.480 e. The maximum atomic E-state index is 13.4. The average molecular weight is 499 g/mol. The van der Waals surface area contributed by atoms with Crippen molar-refractivity contribution in [2.75, 3.05) is 19.7 Å². The zero-order valence-electron chi connectivity index (χ0n) is 18.3. The first kappa shape index (κ1) is 25.6. The Kier molecular flexibility index (Phi) is 9.65. The van der Waals surface area contributed by atoms with Gasteiger partial charge in [0, 0.05) is 17.2 Å². The fourth-order valence-corrected chi connectivity index (χ4v) is 6.65. The lowest BCUT2D eigenvalue weighted by Crippen LogP contribution is -2.54. The molecule has 1 aromatic carbocycles. The lowest BCUT2D eigenvalue weighted by atomic mass is 10.0. The van der Waals surface area contributed by atoms with Gasteiger partial charge < -0.3 is 20.6 Å². The van der Waals surface area contributed by atoms with E-state index in [1.807, 2.05) is 18.2 Å². The minimum atomic E-state index is -1.02. The summed E-state index contributed by atoms with van der Waals surface area (Å²) in [5.41, 5.74) is 7.71. The summed E-state index contributed by atoms with van der Waals surface area (Å²) in [7, 11) is 3.47. The quantitative estimate of drug-likeness (QED) is 0.160. The molecule has 2 heterocycles. The second-order valence-corrected chi connectivity index (χ2v) is 10.6. The molecule has 0 aliphatic carbocycles. The van der Waals surface area contributed by atoms with E-state index in [-0.39, 0.29) is 18.9 Å². The molecule has 33 heavy (non-hydrogen) atoms. The summed E-state index contributed by atoms with van der Waals surface area (Å²) < 4.78 is 0. The van der Waals surface area contributed by atoms with E-state index in [2.05, 4.69) is 10.2 Å². The number of nitrogens with two attached hydrogens (primary N) is 1. The van der Waals surface area contributed by atoms with Crippen LogP contribution in [0.5, 0.6) is 0 Å². The topological polar surface area (TPSA) is 148 Å². The second kappa shape index (κ2) is 12.4. The highest BCUT2D eigenvalue weighted by atomic mass is 33.1. The third-order valence-corrected chi connectivity index (χ3v) is 8.28. The second-order valence-electron chi connectivity index (χ2n) is 8.23. The van der Waals surface area contributed by atoms with Crippen molar-refractivity contribution in [3.63, 3.8) is 0 Å². The number of unbranched alkanes of at least 4 members (excludes halogenated alkanes) is 1. The number of carbonyl (C=O) groups is 2. The number of likely N-dealkylation sites (tertiary alicyclic amines) is 1. The Labute approximate surface area is 200 Å². The lowest BCUT2D eigenvalue weighted by molar-refractivity contribution is -0.758. The molecule has 2 aliphatic heterocycles. The molecule has 1 fully saturated rings. The highest BCUT2D eigenvalue weighted by Gasteiger charge is 2.35. The van der Waals surface area contributed by atoms with Gasteiger partial charge in [-0.15, -0.1) is 10.1 Å². The number of carboxylic acids is 1. The molecule has 0 radical (unpaired) electrons. The molecule has 4 N–H and O–H groups in total. The standard InChI is InChI=1S/C21H30N4O6S2/c22-8-2-1-5-17(20(26)24-9-3-4-16(24)12-31-25(29)30)23-18(21(27)28)11-14-6-7-19-15(10-14)13-32-33-19/h6-7,10,16-18,23H,1-5,8-9,11-13,22H2,(H,27,28)/t16-,17-,18-/m0/s1. The molecular weight excluding hydrogens is 468 g/mol. The van der Waals surface area contributed by atoms with E-state index in [4.69, 9.17) is 5.73 Å². The van der Waals surface area contributed by atoms with Gasteiger partial charge in [0.25, 0.3) is 5.09 Å². The maximum absolute atomic E-state index is 13.4. The predicted molar refractivity (Wildman–Crippen MR) is 126 cm³/mol. The van der Waals surface area contributed by atoms with Crippen LogP contribution < -0.4 is 11.1 Å². The number of amides is 1. The molecule has 10 nitrogen and oxygen atoms in total. The summed E-state index contributed by atoms with van der Waals surface area (Å²) in [6.45, 7) is 0.775. The van der Waals surface area contributed by atoms with Crippen molar-refractivity contribution in [3.05, 3.63) is 39.4 Å². The van der Waals surface area contributed by atoms with E-state index in [1.54, 1.807) is 26.5 Å². The molecule has 1 saturated heterocycles. The van der Waals surface area contributed by atoms with Crippen molar-refractivity contribution in [1.82, 2.24) is 10.2 Å². The Balaban J connectivity index is 1.71. The molecule has 0 aromatic heterocycles. The lowest BCUT2D eigenvalue weighted by Gasteiger charge is -2.30. The number of fused-ring (bicyclic) bond motifs is 1. The molecule has 0 bridgehead atoms. The molecule has 0 unspecified atom stereocenters. The summed E-state index contributed by atoms with van der Waals surface area (Å²) in [4.78, 5) is 43.3. The van der Waals surface area contributed by atoms with Gasteiger partial charge in [-0.25, -0.2) is 0 Å². The molecule has 0 saturated carbocycles. The van der Waals surface area contributed by atoms with Crippen molar-refractivity contribution in [3.8, 4) is 0 Å². The van der Waals surface area contributed by atoms with E-state index >= 15 is 0 Å². The Morgan fingerprint density at radius 2 is 2.18 bits per heavy atom. The number of hydrogen-bond donors (Lipinski definition) is 3. The van der Waals surface area contributed by atoms with Crippen molar-refractivity contribution >= 4 is 33.5 Å². The third-order valence-electron chi connectivity index (χ3n) is 5.91. The van der Waals surface area contributed by atoms with E-state index in [0.717, 1.165) is 24.2 Å². The summed E-state index contributed by atoms with van der Waals surface area (Å²) in [5, 5.41) is 22.7. The Morgan fingerprint density at radius 1 is 1.36 bits per heavy atom. The number of carbonyl (C=O) groups excluding carboxylic acids is 1. The van der Waals surface area contributed by atoms with Gasteiger partial charge in [-0.3, -0.25) is 14.9 Å². The molecule has 0 spiro atoms. The summed E-state index contributed by atoms with van der Waals surface area (Å²) in [5.74, 6) is -0.373. The molecule has 3 rings (SSSR count). The number of nitrogens with zero attached hydrogens (tertiary/aromatic N) is 2. The van der Waals surface area contributed by atoms with Crippen LogP contribution in [0.15, 0.2) is 23.1 Å². The Morgan fingerprint density at radius 3 is 2.91 bits per heavy atom. The molecule has 2 aliphatic rings. The third kappa shape index (κ3) is 7.23. The molecule has 3 atom stereocenters. The number of rotatable bonds is 13. The molecular formula is C21H30N4O6S2. The smallest absolute Gasteiger partial charge is 0.321 e. The van der Waals surface area contributed by atoms with Gasteiger partial charge in [0.05, 0.1) is 12.1 Å². The predicted octanol–water partition coefficient (Wildman–Crippen LogP) is 2.22. The Bertz CT molecular complexity index is 858. The molecule has 182 valence electrons. The summed E-state index contributed by atoms with van der Waals surface area (Å²) in [6, 6.07) is 3.95. The minimum absolute atomic E-state index is 0.179. The van der Waals surface area contributed by atoms with Crippen molar-refractivity contribution in [2.24, 2.45) is 5.73 Å². The van der Waals surface area contributed by atoms with E-state index in [0.29, 0.717) is 32.4 Å². The number of nitrogens with one attached hydrogen (secondary N) is 1. The summed E-state index contributed by atoms with van der Waals surface area (Å²) >= 11 is 0. The molecule has 1 amide bonds. The van der Waals surface area contributed by atoms with Crippen LogP contribution in [0.25, 0.3) is 0 Å². The van der Waals surface area contributed by atoms with Crippen LogP contribution in [0.2, 0.25) is 0 Å². The summed E-state index contributed by atoms with van der Waals surface area (Å²) in [6.07, 6.45) is 3.42. The van der Waals surface area contributed by atoms with Gasteiger partial charge in [0.15, 0.2) is 0 Å². The van der Waals surface area contributed by atoms with Gasteiger partial charge in [0.2, 0.25) is 5.91 Å².